The molecule has 2 rings (SSSR count). The Morgan fingerprint density at radius 3 is 2.92 bits per heavy atom. The lowest BCUT2D eigenvalue weighted by Crippen LogP contribution is -2.49. The Hall–Kier alpha value is -0.760. The number of nitrogens with zero attached hydrogens (tertiary/aromatic N) is 1. The highest BCUT2D eigenvalue weighted by molar-refractivity contribution is 5.06. The molecule has 0 aliphatic carbocycles. The largest absolute Gasteiger partial charge is 0.472 e. The van der Waals surface area contributed by atoms with Gasteiger partial charge in [-0.2, -0.15) is 0 Å². The van der Waals surface area contributed by atoms with E-state index in [4.69, 9.17) is 4.42 Å². The van der Waals surface area contributed by atoms with Crippen LogP contribution >= 0.6 is 0 Å². The molecule has 1 saturated heterocycles. The lowest BCUT2D eigenvalue weighted by atomic mass is 9.91. The highest BCUT2D eigenvalue weighted by Crippen LogP contribution is 2.26. The first kappa shape index (κ1) is 8.82. The zero-order chi connectivity index (χ0) is 9.26. The smallest absolute Gasteiger partial charge is 0.0947 e. The molecule has 0 saturated carbocycles. The van der Waals surface area contributed by atoms with Crippen LogP contribution in [0.15, 0.2) is 23.0 Å². The van der Waals surface area contributed by atoms with Crippen molar-refractivity contribution in [3.05, 3.63) is 24.2 Å². The van der Waals surface area contributed by atoms with Gasteiger partial charge in [0.05, 0.1) is 12.5 Å². The van der Waals surface area contributed by atoms with Crippen LogP contribution in [0.4, 0.5) is 0 Å². The van der Waals surface area contributed by atoms with Gasteiger partial charge in [-0.1, -0.05) is 13.8 Å². The summed E-state index contributed by atoms with van der Waals surface area (Å²) in [5.41, 5.74) is 1.30. The van der Waals surface area contributed by atoms with E-state index < -0.39 is 0 Å². The standard InChI is InChI=1S/C11H17NO/c1-9(2)11-3-5-12(11)7-10-4-6-13-8-10/h4,6,8-9,11H,3,5,7H2,1-2H3. The Kier molecular flexibility index (Phi) is 2.40. The second-order valence-electron chi connectivity index (χ2n) is 4.20. The van der Waals surface area contributed by atoms with E-state index in [2.05, 4.69) is 24.8 Å². The Morgan fingerprint density at radius 2 is 2.46 bits per heavy atom. The normalized spacial score (nSPS) is 23.5. The summed E-state index contributed by atoms with van der Waals surface area (Å²) in [5.74, 6) is 0.778. The first-order chi connectivity index (χ1) is 6.27. The number of hydrogen-bond acceptors (Lipinski definition) is 2. The maximum atomic E-state index is 5.05. The van der Waals surface area contributed by atoms with E-state index in [0.717, 1.165) is 18.5 Å². The lowest BCUT2D eigenvalue weighted by Gasteiger charge is -2.43. The Balaban J connectivity index is 1.89. The van der Waals surface area contributed by atoms with Crippen molar-refractivity contribution in [2.45, 2.75) is 32.9 Å². The molecule has 1 aliphatic heterocycles. The molecule has 0 radical (unpaired) electrons. The van der Waals surface area contributed by atoms with E-state index in [-0.39, 0.29) is 0 Å². The van der Waals surface area contributed by atoms with Crippen LogP contribution in [0.5, 0.6) is 0 Å². The van der Waals surface area contributed by atoms with E-state index in [1.165, 1.54) is 18.5 Å². The Labute approximate surface area is 79.5 Å². The fourth-order valence-electron chi connectivity index (χ4n) is 2.03. The molecule has 0 aromatic carbocycles. The Bertz CT molecular complexity index is 253. The van der Waals surface area contributed by atoms with Gasteiger partial charge in [0.15, 0.2) is 0 Å². The molecule has 1 fully saturated rings. The summed E-state index contributed by atoms with van der Waals surface area (Å²) >= 11 is 0. The SMILES string of the molecule is CC(C)C1CCN1Cc1ccoc1. The maximum Gasteiger partial charge on any atom is 0.0947 e. The molecule has 2 heterocycles. The summed E-state index contributed by atoms with van der Waals surface area (Å²) < 4.78 is 5.05. The first-order valence-electron chi connectivity index (χ1n) is 5.02. The molecule has 72 valence electrons. The van der Waals surface area contributed by atoms with Crippen molar-refractivity contribution in [1.82, 2.24) is 4.90 Å². The van der Waals surface area contributed by atoms with Gasteiger partial charge in [-0.05, 0) is 18.4 Å². The van der Waals surface area contributed by atoms with Gasteiger partial charge >= 0.3 is 0 Å². The maximum absolute atomic E-state index is 5.05. The summed E-state index contributed by atoms with van der Waals surface area (Å²) in [7, 11) is 0. The van der Waals surface area contributed by atoms with Gasteiger partial charge in [-0.25, -0.2) is 0 Å². The number of furan rings is 1. The molecule has 2 nitrogen and oxygen atoms in total. The number of hydrogen-bond donors (Lipinski definition) is 0. The van der Waals surface area contributed by atoms with E-state index >= 15 is 0 Å². The van der Waals surface area contributed by atoms with Gasteiger partial charge < -0.3 is 4.42 Å². The third-order valence-electron chi connectivity index (χ3n) is 2.92. The second kappa shape index (κ2) is 3.54. The van der Waals surface area contributed by atoms with Crippen LogP contribution in [0.3, 0.4) is 0 Å². The third kappa shape index (κ3) is 1.78. The van der Waals surface area contributed by atoms with Crippen LogP contribution in [0, 0.1) is 5.92 Å². The monoisotopic (exact) mass is 179 g/mol. The van der Waals surface area contributed by atoms with Gasteiger partial charge in [0.25, 0.3) is 0 Å². The molecule has 0 bridgehead atoms. The van der Waals surface area contributed by atoms with Crippen LogP contribution in [0.25, 0.3) is 0 Å². The van der Waals surface area contributed by atoms with Crippen molar-refractivity contribution in [1.29, 1.82) is 0 Å². The number of likely N-dealkylation sites (tertiary alicyclic amines) is 1. The topological polar surface area (TPSA) is 16.4 Å². The van der Waals surface area contributed by atoms with E-state index in [1.807, 2.05) is 6.26 Å². The van der Waals surface area contributed by atoms with E-state index in [9.17, 15) is 0 Å². The minimum Gasteiger partial charge on any atom is -0.472 e. The fraction of sp³-hybridized carbons (Fsp3) is 0.636. The van der Waals surface area contributed by atoms with Crippen molar-refractivity contribution in [3.63, 3.8) is 0 Å². The zero-order valence-corrected chi connectivity index (χ0v) is 8.36. The lowest BCUT2D eigenvalue weighted by molar-refractivity contribution is 0.0481. The molecule has 2 heteroatoms. The fourth-order valence-corrected chi connectivity index (χ4v) is 2.03. The second-order valence-corrected chi connectivity index (χ2v) is 4.20. The first-order valence-corrected chi connectivity index (χ1v) is 5.02. The summed E-state index contributed by atoms with van der Waals surface area (Å²) in [6.45, 7) is 6.89. The van der Waals surface area contributed by atoms with Crippen molar-refractivity contribution in [3.8, 4) is 0 Å². The van der Waals surface area contributed by atoms with Crippen molar-refractivity contribution in [2.24, 2.45) is 5.92 Å². The van der Waals surface area contributed by atoms with Gasteiger partial charge in [0.2, 0.25) is 0 Å². The minimum atomic E-state index is 0.778. The summed E-state index contributed by atoms with van der Waals surface area (Å²) in [6.07, 6.45) is 4.95. The van der Waals surface area contributed by atoms with Gasteiger partial charge in [0, 0.05) is 24.7 Å². The molecule has 1 atom stereocenters. The average Bonchev–Trinajstić information content (AvgIpc) is 2.48. The van der Waals surface area contributed by atoms with Crippen molar-refractivity contribution in [2.75, 3.05) is 6.54 Å². The molecule has 1 unspecified atom stereocenters. The molecular formula is C11H17NO. The van der Waals surface area contributed by atoms with Crippen LogP contribution in [-0.4, -0.2) is 17.5 Å². The molecular weight excluding hydrogens is 162 g/mol. The predicted molar refractivity (Wildman–Crippen MR) is 52.4 cm³/mol. The minimum absolute atomic E-state index is 0.778. The molecule has 0 amide bonds. The summed E-state index contributed by atoms with van der Waals surface area (Å²) in [5, 5.41) is 0. The molecule has 0 spiro atoms. The molecule has 13 heavy (non-hydrogen) atoms. The number of rotatable bonds is 3. The summed E-state index contributed by atoms with van der Waals surface area (Å²) in [6, 6.07) is 2.84. The van der Waals surface area contributed by atoms with Crippen LogP contribution in [0.1, 0.15) is 25.8 Å². The summed E-state index contributed by atoms with van der Waals surface area (Å²) in [4.78, 5) is 2.52. The quantitative estimate of drug-likeness (QED) is 0.709. The highest BCUT2D eigenvalue weighted by Gasteiger charge is 2.29. The van der Waals surface area contributed by atoms with Gasteiger partial charge in [-0.3, -0.25) is 4.90 Å². The average molecular weight is 179 g/mol. The van der Waals surface area contributed by atoms with Crippen molar-refractivity contribution < 1.29 is 4.42 Å². The molecule has 1 aromatic heterocycles. The highest BCUT2D eigenvalue weighted by atomic mass is 16.3. The predicted octanol–water partition coefficient (Wildman–Crippen LogP) is 2.51. The van der Waals surface area contributed by atoms with Crippen molar-refractivity contribution >= 4 is 0 Å². The molecule has 0 N–H and O–H groups in total. The van der Waals surface area contributed by atoms with Crippen LogP contribution < -0.4 is 0 Å². The zero-order valence-electron chi connectivity index (χ0n) is 8.36. The van der Waals surface area contributed by atoms with E-state index in [0.29, 0.717) is 0 Å². The van der Waals surface area contributed by atoms with Crippen LogP contribution in [-0.2, 0) is 6.54 Å². The third-order valence-corrected chi connectivity index (χ3v) is 2.92. The van der Waals surface area contributed by atoms with Gasteiger partial charge in [0.1, 0.15) is 0 Å². The van der Waals surface area contributed by atoms with Gasteiger partial charge in [-0.15, -0.1) is 0 Å². The van der Waals surface area contributed by atoms with Crippen LogP contribution in [0.2, 0.25) is 0 Å². The van der Waals surface area contributed by atoms with E-state index in [1.54, 1.807) is 6.26 Å². The molecule has 1 aliphatic rings. The molecule has 1 aromatic rings. The Morgan fingerprint density at radius 1 is 1.62 bits per heavy atom.